The molecule has 0 amide bonds. The lowest BCUT2D eigenvalue weighted by Crippen LogP contribution is -2.37. The lowest BCUT2D eigenvalue weighted by molar-refractivity contribution is -0.141. The third kappa shape index (κ3) is 2.18. The number of rotatable bonds is 4. The van der Waals surface area contributed by atoms with Crippen molar-refractivity contribution in [3.05, 3.63) is 0 Å². The maximum Gasteiger partial charge on any atom is 0.184 e. The molecule has 0 aromatic rings. The fourth-order valence-electron chi connectivity index (χ4n) is 1.54. The zero-order valence-corrected chi connectivity index (χ0v) is 8.10. The third-order valence-corrected chi connectivity index (χ3v) is 2.16. The Hall–Kier alpha value is -0.200. The highest BCUT2D eigenvalue weighted by Crippen LogP contribution is 2.24. The van der Waals surface area contributed by atoms with E-state index in [1.807, 2.05) is 0 Å². The van der Waals surface area contributed by atoms with Crippen LogP contribution in [0.5, 0.6) is 0 Å². The highest BCUT2D eigenvalue weighted by Gasteiger charge is 2.44. The number of aliphatic hydroxyl groups excluding tert-OH is 1. The first kappa shape index (κ1) is 10.9. The lowest BCUT2D eigenvalue weighted by Gasteiger charge is -2.19. The Morgan fingerprint density at radius 3 is 2.23 bits per heavy atom. The monoisotopic (exact) mass is 192 g/mol. The van der Waals surface area contributed by atoms with E-state index in [4.69, 9.17) is 18.9 Å². The normalized spacial score (nSPS) is 39.7. The summed E-state index contributed by atoms with van der Waals surface area (Å²) >= 11 is 0. The molecule has 1 rings (SSSR count). The molecule has 0 aromatic heterocycles. The summed E-state index contributed by atoms with van der Waals surface area (Å²) in [5.41, 5.74) is 0. The van der Waals surface area contributed by atoms with Crippen LogP contribution < -0.4 is 0 Å². The molecule has 1 aliphatic heterocycles. The second kappa shape index (κ2) is 4.88. The summed E-state index contributed by atoms with van der Waals surface area (Å²) < 4.78 is 20.3. The lowest BCUT2D eigenvalue weighted by atomic mass is 10.1. The summed E-state index contributed by atoms with van der Waals surface area (Å²) in [6, 6.07) is 0. The molecule has 0 saturated carbocycles. The van der Waals surface area contributed by atoms with Crippen LogP contribution in [0.3, 0.4) is 0 Å². The Morgan fingerprint density at radius 2 is 1.77 bits per heavy atom. The smallest absolute Gasteiger partial charge is 0.184 e. The van der Waals surface area contributed by atoms with Crippen molar-refractivity contribution in [1.82, 2.24) is 0 Å². The van der Waals surface area contributed by atoms with Crippen molar-refractivity contribution in [3.63, 3.8) is 0 Å². The fraction of sp³-hybridized carbons (Fsp3) is 1.00. The predicted molar refractivity (Wildman–Crippen MR) is 44.3 cm³/mol. The number of hydrogen-bond donors (Lipinski definition) is 1. The van der Waals surface area contributed by atoms with Crippen molar-refractivity contribution < 1.29 is 24.1 Å². The third-order valence-electron chi connectivity index (χ3n) is 2.16. The Morgan fingerprint density at radius 1 is 1.15 bits per heavy atom. The van der Waals surface area contributed by atoms with Crippen molar-refractivity contribution in [3.8, 4) is 0 Å². The quantitative estimate of drug-likeness (QED) is 0.643. The molecule has 5 heteroatoms. The van der Waals surface area contributed by atoms with Gasteiger partial charge in [0.1, 0.15) is 18.3 Å². The van der Waals surface area contributed by atoms with Crippen molar-refractivity contribution in [1.29, 1.82) is 0 Å². The largest absolute Gasteiger partial charge is 0.382 e. The van der Waals surface area contributed by atoms with Crippen LogP contribution >= 0.6 is 0 Å². The summed E-state index contributed by atoms with van der Waals surface area (Å²) in [5, 5.41) is 9.40. The van der Waals surface area contributed by atoms with Crippen molar-refractivity contribution >= 4 is 0 Å². The molecule has 0 bridgehead atoms. The van der Waals surface area contributed by atoms with Crippen LogP contribution in [0.4, 0.5) is 0 Å². The van der Waals surface area contributed by atoms with E-state index in [1.54, 1.807) is 14.2 Å². The molecule has 5 nitrogen and oxygen atoms in total. The van der Waals surface area contributed by atoms with Crippen LogP contribution in [0.15, 0.2) is 0 Å². The van der Waals surface area contributed by atoms with Crippen LogP contribution in [0, 0.1) is 0 Å². The van der Waals surface area contributed by atoms with Crippen molar-refractivity contribution in [2.45, 2.75) is 24.6 Å². The van der Waals surface area contributed by atoms with Gasteiger partial charge in [0.2, 0.25) is 0 Å². The van der Waals surface area contributed by atoms with Crippen LogP contribution in [0.2, 0.25) is 0 Å². The van der Waals surface area contributed by atoms with Gasteiger partial charge in [-0.2, -0.15) is 0 Å². The Kier molecular flexibility index (Phi) is 4.08. The zero-order valence-electron chi connectivity index (χ0n) is 8.10. The van der Waals surface area contributed by atoms with Crippen LogP contribution in [0.1, 0.15) is 0 Å². The molecular formula is C8H16O5. The number of methoxy groups -OCH3 is 3. The highest BCUT2D eigenvalue weighted by atomic mass is 16.7. The van der Waals surface area contributed by atoms with Crippen LogP contribution in [-0.4, -0.2) is 57.6 Å². The summed E-state index contributed by atoms with van der Waals surface area (Å²) in [5.74, 6) is 0. The highest BCUT2D eigenvalue weighted by molar-refractivity contribution is 4.88. The standard InChI is InChI=1S/C8H16O5/c1-10-4-5-6(11-2)7(12-3)8(9)13-5/h5-9H,4H2,1-3H3/t5-,6-,7-,8?/m1/s1. The molecule has 1 aliphatic rings. The second-order valence-electron chi connectivity index (χ2n) is 2.92. The molecule has 0 radical (unpaired) electrons. The van der Waals surface area contributed by atoms with E-state index in [0.717, 1.165) is 0 Å². The van der Waals surface area contributed by atoms with E-state index in [0.29, 0.717) is 6.61 Å². The Bertz CT molecular complexity index is 151. The molecule has 0 spiro atoms. The maximum absolute atomic E-state index is 9.40. The van der Waals surface area contributed by atoms with Gasteiger partial charge in [0.05, 0.1) is 6.61 Å². The van der Waals surface area contributed by atoms with Gasteiger partial charge in [0.25, 0.3) is 0 Å². The summed E-state index contributed by atoms with van der Waals surface area (Å²) in [6.45, 7) is 0.384. The molecule has 1 N–H and O–H groups in total. The average Bonchev–Trinajstić information content (AvgIpc) is 2.41. The minimum atomic E-state index is -0.935. The SMILES string of the molecule is COC[C@H]1OC(O)[C@H](OC)[C@@H]1OC. The summed E-state index contributed by atoms with van der Waals surface area (Å²) in [6.07, 6.45) is -1.92. The maximum atomic E-state index is 9.40. The molecule has 0 aliphatic carbocycles. The molecule has 4 atom stereocenters. The van der Waals surface area contributed by atoms with E-state index in [1.165, 1.54) is 7.11 Å². The van der Waals surface area contributed by atoms with Gasteiger partial charge in [-0.05, 0) is 0 Å². The predicted octanol–water partition coefficient (Wildman–Crippen LogP) is -0.620. The van der Waals surface area contributed by atoms with Gasteiger partial charge in [-0.1, -0.05) is 0 Å². The molecule has 1 fully saturated rings. The summed E-state index contributed by atoms with van der Waals surface area (Å²) in [7, 11) is 4.64. The van der Waals surface area contributed by atoms with Gasteiger partial charge in [-0.3, -0.25) is 0 Å². The van der Waals surface area contributed by atoms with Gasteiger partial charge in [0.15, 0.2) is 6.29 Å². The topological polar surface area (TPSA) is 57.2 Å². The van der Waals surface area contributed by atoms with Gasteiger partial charge in [-0.25, -0.2) is 0 Å². The minimum absolute atomic E-state index is 0.269. The second-order valence-corrected chi connectivity index (χ2v) is 2.92. The molecular weight excluding hydrogens is 176 g/mol. The number of hydrogen-bond acceptors (Lipinski definition) is 5. The Balaban J connectivity index is 2.57. The fourth-order valence-corrected chi connectivity index (χ4v) is 1.54. The van der Waals surface area contributed by atoms with E-state index in [2.05, 4.69) is 0 Å². The number of aliphatic hydroxyl groups is 1. The average molecular weight is 192 g/mol. The van der Waals surface area contributed by atoms with Crippen LogP contribution in [0.25, 0.3) is 0 Å². The van der Waals surface area contributed by atoms with Gasteiger partial charge in [0, 0.05) is 21.3 Å². The first-order valence-electron chi connectivity index (χ1n) is 4.12. The molecule has 1 saturated heterocycles. The molecule has 13 heavy (non-hydrogen) atoms. The molecule has 0 aromatic carbocycles. The van der Waals surface area contributed by atoms with E-state index in [9.17, 15) is 5.11 Å². The first-order valence-corrected chi connectivity index (χ1v) is 4.12. The van der Waals surface area contributed by atoms with Gasteiger partial charge >= 0.3 is 0 Å². The van der Waals surface area contributed by atoms with Crippen LogP contribution in [-0.2, 0) is 18.9 Å². The van der Waals surface area contributed by atoms with Gasteiger partial charge in [-0.15, -0.1) is 0 Å². The Labute approximate surface area is 77.5 Å². The van der Waals surface area contributed by atoms with Crippen molar-refractivity contribution in [2.24, 2.45) is 0 Å². The molecule has 78 valence electrons. The van der Waals surface area contributed by atoms with E-state index >= 15 is 0 Å². The van der Waals surface area contributed by atoms with Gasteiger partial charge < -0.3 is 24.1 Å². The molecule has 1 heterocycles. The first-order chi connectivity index (χ1) is 6.24. The summed E-state index contributed by atoms with van der Waals surface area (Å²) in [4.78, 5) is 0. The minimum Gasteiger partial charge on any atom is -0.382 e. The van der Waals surface area contributed by atoms with E-state index in [-0.39, 0.29) is 12.2 Å². The zero-order chi connectivity index (χ0) is 9.84. The van der Waals surface area contributed by atoms with Crippen molar-refractivity contribution in [2.75, 3.05) is 27.9 Å². The van der Waals surface area contributed by atoms with E-state index < -0.39 is 12.4 Å². The molecule has 1 unspecified atom stereocenters. The number of ether oxygens (including phenoxy) is 4.